The number of methoxy groups -OCH3 is 1. The summed E-state index contributed by atoms with van der Waals surface area (Å²) in [5, 5.41) is 6.37. The van der Waals surface area contributed by atoms with Crippen LogP contribution in [0.2, 0.25) is 0 Å². The molecule has 1 aliphatic heterocycles. The van der Waals surface area contributed by atoms with E-state index in [1.807, 2.05) is 0 Å². The molecule has 0 unspecified atom stereocenters. The van der Waals surface area contributed by atoms with Gasteiger partial charge >= 0.3 is 0 Å². The highest BCUT2D eigenvalue weighted by molar-refractivity contribution is 6.00. The zero-order valence-corrected chi connectivity index (χ0v) is 17.2. The topological polar surface area (TPSA) is 79.9 Å². The molecule has 7 nitrogen and oxygen atoms in total. The van der Waals surface area contributed by atoms with E-state index in [4.69, 9.17) is 9.47 Å². The minimum Gasteiger partial charge on any atom is -0.491 e. The summed E-state index contributed by atoms with van der Waals surface area (Å²) in [7, 11) is 3.44. The van der Waals surface area contributed by atoms with Crippen molar-refractivity contribution < 1.29 is 19.1 Å². The van der Waals surface area contributed by atoms with E-state index in [1.54, 1.807) is 37.3 Å². The number of anilines is 1. The van der Waals surface area contributed by atoms with E-state index in [2.05, 4.69) is 24.5 Å². The Morgan fingerprint density at radius 1 is 1.32 bits per heavy atom. The molecule has 1 aromatic carbocycles. The zero-order chi connectivity index (χ0) is 20.3. The van der Waals surface area contributed by atoms with Crippen LogP contribution in [-0.4, -0.2) is 62.7 Å². The van der Waals surface area contributed by atoms with Crippen molar-refractivity contribution in [3.05, 3.63) is 23.8 Å². The number of ether oxygens (including phenoxy) is 2. The van der Waals surface area contributed by atoms with Gasteiger partial charge in [0.1, 0.15) is 12.4 Å². The van der Waals surface area contributed by atoms with Crippen molar-refractivity contribution in [2.24, 2.45) is 11.8 Å². The first-order valence-electron chi connectivity index (χ1n) is 9.98. The molecule has 3 rings (SSSR count). The van der Waals surface area contributed by atoms with Gasteiger partial charge in [-0.2, -0.15) is 0 Å². The average molecular weight is 389 g/mol. The summed E-state index contributed by atoms with van der Waals surface area (Å²) >= 11 is 0. The normalized spacial score (nSPS) is 26.5. The van der Waals surface area contributed by atoms with Crippen molar-refractivity contribution in [1.29, 1.82) is 0 Å². The second kappa shape index (κ2) is 8.92. The summed E-state index contributed by atoms with van der Waals surface area (Å²) in [5.74, 6) is 0.739. The third kappa shape index (κ3) is 5.02. The largest absolute Gasteiger partial charge is 0.491 e. The molecule has 28 heavy (non-hydrogen) atoms. The monoisotopic (exact) mass is 389 g/mol. The van der Waals surface area contributed by atoms with Crippen LogP contribution in [0.3, 0.4) is 0 Å². The van der Waals surface area contributed by atoms with Crippen LogP contribution in [0.25, 0.3) is 0 Å². The van der Waals surface area contributed by atoms with Crippen molar-refractivity contribution >= 4 is 17.5 Å². The summed E-state index contributed by atoms with van der Waals surface area (Å²) in [6, 6.07) is 5.40. The highest BCUT2D eigenvalue weighted by atomic mass is 16.5. The van der Waals surface area contributed by atoms with Gasteiger partial charge in [-0.05, 0) is 43.9 Å². The fourth-order valence-corrected chi connectivity index (χ4v) is 3.33. The summed E-state index contributed by atoms with van der Waals surface area (Å²) in [5.41, 5.74) is 1.07. The predicted octanol–water partition coefficient (Wildman–Crippen LogP) is 2.13. The number of benzene rings is 1. The van der Waals surface area contributed by atoms with Gasteiger partial charge in [-0.3, -0.25) is 9.59 Å². The van der Waals surface area contributed by atoms with E-state index in [1.165, 1.54) is 0 Å². The summed E-state index contributed by atoms with van der Waals surface area (Å²) in [4.78, 5) is 26.9. The van der Waals surface area contributed by atoms with Gasteiger partial charge in [0.05, 0.1) is 11.7 Å². The van der Waals surface area contributed by atoms with Crippen LogP contribution in [0.1, 0.15) is 37.0 Å². The van der Waals surface area contributed by atoms with E-state index >= 15 is 0 Å². The van der Waals surface area contributed by atoms with Gasteiger partial charge in [0.2, 0.25) is 5.91 Å². The Kier molecular flexibility index (Phi) is 6.57. The molecule has 3 atom stereocenters. The molecule has 1 saturated carbocycles. The standard InChI is InChI=1S/C21H31N3O4/c1-13-10-22-14(2)12-28-18-8-7-16(23-20(25)15-5-6-15)9-17(18)21(26)24(3)11-19(13)27-4/h7-9,13-15,19,22H,5-6,10-12H2,1-4H3,(H,23,25)/t13-,14-,19+/m1/s1. The number of hydrogen-bond donors (Lipinski definition) is 2. The molecule has 0 aromatic heterocycles. The molecule has 1 aromatic rings. The summed E-state index contributed by atoms with van der Waals surface area (Å²) < 4.78 is 11.6. The molecule has 2 amide bonds. The maximum absolute atomic E-state index is 13.1. The molecule has 1 fully saturated rings. The molecular formula is C21H31N3O4. The number of nitrogens with zero attached hydrogens (tertiary/aromatic N) is 1. The van der Waals surface area contributed by atoms with Gasteiger partial charge in [0.15, 0.2) is 0 Å². The molecule has 1 heterocycles. The molecule has 2 N–H and O–H groups in total. The van der Waals surface area contributed by atoms with Crippen molar-refractivity contribution in [3.63, 3.8) is 0 Å². The number of carbonyl (C=O) groups is 2. The average Bonchev–Trinajstić information content (AvgIpc) is 3.53. The molecule has 0 saturated heterocycles. The Bertz CT molecular complexity index is 720. The summed E-state index contributed by atoms with van der Waals surface area (Å²) in [6.45, 7) is 5.87. The molecule has 2 aliphatic rings. The Labute approximate surface area is 166 Å². The Balaban J connectivity index is 1.87. The first-order chi connectivity index (χ1) is 13.4. The van der Waals surface area contributed by atoms with Crippen molar-refractivity contribution in [2.75, 3.05) is 39.2 Å². The second-order valence-corrected chi connectivity index (χ2v) is 8.03. The molecule has 154 valence electrons. The number of nitrogens with one attached hydrogen (secondary N) is 2. The van der Waals surface area contributed by atoms with Crippen LogP contribution in [-0.2, 0) is 9.53 Å². The third-order valence-corrected chi connectivity index (χ3v) is 5.44. The van der Waals surface area contributed by atoms with Gasteiger partial charge < -0.3 is 25.0 Å². The fourth-order valence-electron chi connectivity index (χ4n) is 3.33. The molecule has 0 radical (unpaired) electrons. The van der Waals surface area contributed by atoms with Crippen molar-refractivity contribution in [3.8, 4) is 5.75 Å². The SMILES string of the molecule is CO[C@H]1CN(C)C(=O)c2cc(NC(=O)C3CC3)ccc2OC[C@@H](C)NC[C@H]1C. The zero-order valence-electron chi connectivity index (χ0n) is 17.2. The number of carbonyl (C=O) groups excluding carboxylic acids is 2. The lowest BCUT2D eigenvalue weighted by molar-refractivity contribution is -0.117. The number of amides is 2. The van der Waals surface area contributed by atoms with Gasteiger partial charge in [0, 0.05) is 44.9 Å². The van der Waals surface area contributed by atoms with Crippen LogP contribution in [0, 0.1) is 11.8 Å². The van der Waals surface area contributed by atoms with E-state index in [0.29, 0.717) is 30.2 Å². The van der Waals surface area contributed by atoms with Gasteiger partial charge in [-0.1, -0.05) is 6.92 Å². The first-order valence-corrected chi connectivity index (χ1v) is 9.98. The number of rotatable bonds is 3. The number of likely N-dealkylation sites (N-methyl/N-ethyl adjacent to an activating group) is 1. The van der Waals surface area contributed by atoms with Crippen LogP contribution < -0.4 is 15.4 Å². The Morgan fingerprint density at radius 3 is 2.75 bits per heavy atom. The predicted molar refractivity (Wildman–Crippen MR) is 108 cm³/mol. The first kappa shape index (κ1) is 20.6. The molecule has 7 heteroatoms. The molecular weight excluding hydrogens is 358 g/mol. The molecule has 0 spiro atoms. The minimum absolute atomic E-state index is 0.0147. The maximum Gasteiger partial charge on any atom is 0.257 e. The maximum atomic E-state index is 13.1. The second-order valence-electron chi connectivity index (χ2n) is 8.03. The Hall–Kier alpha value is -2.12. The van der Waals surface area contributed by atoms with Gasteiger partial charge in [0.25, 0.3) is 5.91 Å². The lowest BCUT2D eigenvalue weighted by atomic mass is 10.0. The lowest BCUT2D eigenvalue weighted by Crippen LogP contribution is -2.44. The lowest BCUT2D eigenvalue weighted by Gasteiger charge is -2.30. The minimum atomic E-state index is -0.145. The van der Waals surface area contributed by atoms with Crippen molar-refractivity contribution in [1.82, 2.24) is 10.2 Å². The van der Waals surface area contributed by atoms with E-state index in [0.717, 1.165) is 19.4 Å². The van der Waals surface area contributed by atoms with Gasteiger partial charge in [-0.15, -0.1) is 0 Å². The van der Waals surface area contributed by atoms with E-state index < -0.39 is 0 Å². The van der Waals surface area contributed by atoms with Crippen LogP contribution in [0.15, 0.2) is 18.2 Å². The highest BCUT2D eigenvalue weighted by Gasteiger charge is 2.30. The number of fused-ring (bicyclic) bond motifs is 1. The fraction of sp³-hybridized carbons (Fsp3) is 0.619. The van der Waals surface area contributed by atoms with Gasteiger partial charge in [-0.25, -0.2) is 0 Å². The van der Waals surface area contributed by atoms with Crippen LogP contribution in [0.4, 0.5) is 5.69 Å². The van der Waals surface area contributed by atoms with Crippen LogP contribution in [0.5, 0.6) is 5.75 Å². The Morgan fingerprint density at radius 2 is 2.07 bits per heavy atom. The summed E-state index contributed by atoms with van der Waals surface area (Å²) in [6.07, 6.45) is 1.79. The number of hydrogen-bond acceptors (Lipinski definition) is 5. The van der Waals surface area contributed by atoms with E-state index in [9.17, 15) is 9.59 Å². The van der Waals surface area contributed by atoms with Crippen molar-refractivity contribution in [2.45, 2.75) is 38.8 Å². The molecule has 1 aliphatic carbocycles. The smallest absolute Gasteiger partial charge is 0.257 e. The van der Waals surface area contributed by atoms with E-state index in [-0.39, 0.29) is 35.8 Å². The highest BCUT2D eigenvalue weighted by Crippen LogP contribution is 2.31. The third-order valence-electron chi connectivity index (χ3n) is 5.44. The quantitative estimate of drug-likeness (QED) is 0.828. The molecule has 0 bridgehead atoms. The van der Waals surface area contributed by atoms with Crippen LogP contribution >= 0.6 is 0 Å².